The van der Waals surface area contributed by atoms with Crippen LogP contribution in [0.2, 0.25) is 0 Å². The van der Waals surface area contributed by atoms with Crippen LogP contribution < -0.4 is 5.43 Å². The summed E-state index contributed by atoms with van der Waals surface area (Å²) in [6, 6.07) is 18.6. The number of aryl methyl sites for hydroxylation is 1. The summed E-state index contributed by atoms with van der Waals surface area (Å²) in [5, 5.41) is 8.32. The topological polar surface area (TPSA) is 47.9 Å². The van der Waals surface area contributed by atoms with Crippen molar-refractivity contribution in [2.24, 2.45) is 5.10 Å². The van der Waals surface area contributed by atoms with E-state index in [0.717, 1.165) is 37.2 Å². The molecule has 0 spiro atoms. The number of carbonyl (C=O) groups is 1. The van der Waals surface area contributed by atoms with E-state index >= 15 is 0 Å². The fourth-order valence-electron chi connectivity index (χ4n) is 3.76. The fraction of sp³-hybridized carbons (Fsp3) is 0.364. The number of hydrazine groups is 1. The van der Waals surface area contributed by atoms with Gasteiger partial charge in [-0.1, -0.05) is 66.6 Å². The summed E-state index contributed by atoms with van der Waals surface area (Å²) in [7, 11) is 0. The van der Waals surface area contributed by atoms with Crippen LogP contribution in [0.4, 0.5) is 4.79 Å². The van der Waals surface area contributed by atoms with Crippen LogP contribution in [0.25, 0.3) is 0 Å². The van der Waals surface area contributed by atoms with E-state index in [0.29, 0.717) is 6.54 Å². The average molecular weight is 362 g/mol. The Morgan fingerprint density at radius 1 is 1.00 bits per heavy atom. The van der Waals surface area contributed by atoms with Crippen molar-refractivity contribution >= 4 is 11.7 Å². The maximum atomic E-state index is 12.8. The molecule has 2 amide bonds. The third-order valence-electron chi connectivity index (χ3n) is 5.31. The van der Waals surface area contributed by atoms with Crippen LogP contribution >= 0.6 is 0 Å². The van der Waals surface area contributed by atoms with Gasteiger partial charge in [-0.2, -0.15) is 5.10 Å². The lowest BCUT2D eigenvalue weighted by Gasteiger charge is -2.28. The number of piperidine rings is 1. The predicted octanol–water partition coefficient (Wildman–Crippen LogP) is 3.91. The van der Waals surface area contributed by atoms with E-state index in [1.807, 2.05) is 23.2 Å². The molecule has 0 radical (unpaired) electrons. The first-order valence-electron chi connectivity index (χ1n) is 9.74. The number of hydrogen-bond donors (Lipinski definition) is 1. The van der Waals surface area contributed by atoms with Crippen molar-refractivity contribution in [1.29, 1.82) is 0 Å². The van der Waals surface area contributed by atoms with Gasteiger partial charge in [0.2, 0.25) is 0 Å². The monoisotopic (exact) mass is 362 g/mol. The number of hydrogen-bond acceptors (Lipinski definition) is 3. The maximum Gasteiger partial charge on any atom is 0.352 e. The van der Waals surface area contributed by atoms with Crippen LogP contribution in [0, 0.1) is 6.92 Å². The minimum absolute atomic E-state index is 0.0843. The predicted molar refractivity (Wildman–Crippen MR) is 108 cm³/mol. The van der Waals surface area contributed by atoms with Gasteiger partial charge in [0, 0.05) is 19.0 Å². The molecule has 1 atom stereocenters. The van der Waals surface area contributed by atoms with Gasteiger partial charge in [-0.3, -0.25) is 5.43 Å². The van der Waals surface area contributed by atoms with E-state index in [4.69, 9.17) is 5.10 Å². The summed E-state index contributed by atoms with van der Waals surface area (Å²) >= 11 is 0. The van der Waals surface area contributed by atoms with Crippen molar-refractivity contribution < 1.29 is 4.79 Å². The number of carbonyl (C=O) groups excluding carboxylic acids is 1. The first-order chi connectivity index (χ1) is 13.2. The number of nitrogens with one attached hydrogen (secondary N) is 1. The standard InChI is InChI=1S/C22H26N4O/c1-17-10-12-19(13-11-17)21-20(18-8-4-2-5-9-18)16-26(23-21)22(27)24-25-14-6-3-7-15-25/h2,4-5,8-13,20H,3,6-7,14-16H2,1H3,(H,24,27). The van der Waals surface area contributed by atoms with Gasteiger partial charge < -0.3 is 0 Å². The molecule has 2 heterocycles. The molecular formula is C22H26N4O. The summed E-state index contributed by atoms with van der Waals surface area (Å²) in [6.45, 7) is 4.46. The molecule has 0 saturated carbocycles. The van der Waals surface area contributed by atoms with Gasteiger partial charge >= 0.3 is 6.03 Å². The highest BCUT2D eigenvalue weighted by Gasteiger charge is 2.32. The molecule has 2 aliphatic heterocycles. The molecule has 2 aromatic carbocycles. The van der Waals surface area contributed by atoms with Crippen molar-refractivity contribution in [3.8, 4) is 0 Å². The lowest BCUT2D eigenvalue weighted by molar-refractivity contribution is 0.133. The SMILES string of the molecule is Cc1ccc(C2=NN(C(=O)NN3CCCCC3)CC2c2ccccc2)cc1. The Balaban J connectivity index is 1.58. The number of urea groups is 1. The average Bonchev–Trinajstić information content (AvgIpc) is 3.16. The van der Waals surface area contributed by atoms with Crippen LogP contribution in [0.15, 0.2) is 59.7 Å². The van der Waals surface area contributed by atoms with Crippen LogP contribution in [0.1, 0.15) is 41.9 Å². The highest BCUT2D eigenvalue weighted by Crippen LogP contribution is 2.29. The molecule has 0 aliphatic carbocycles. The van der Waals surface area contributed by atoms with E-state index in [1.165, 1.54) is 17.5 Å². The number of rotatable bonds is 3. The number of amides is 2. The summed E-state index contributed by atoms with van der Waals surface area (Å²) < 4.78 is 0. The quantitative estimate of drug-likeness (QED) is 0.900. The first kappa shape index (κ1) is 17.7. The maximum absolute atomic E-state index is 12.8. The van der Waals surface area contributed by atoms with Crippen molar-refractivity contribution in [1.82, 2.24) is 15.4 Å². The lowest BCUT2D eigenvalue weighted by Crippen LogP contribution is -2.49. The van der Waals surface area contributed by atoms with Crippen molar-refractivity contribution in [3.63, 3.8) is 0 Å². The smallest absolute Gasteiger partial charge is 0.269 e. The Labute approximate surface area is 160 Å². The molecule has 5 nitrogen and oxygen atoms in total. The Bertz CT molecular complexity index is 810. The third-order valence-corrected chi connectivity index (χ3v) is 5.31. The molecule has 5 heteroatoms. The third kappa shape index (κ3) is 4.03. The molecule has 27 heavy (non-hydrogen) atoms. The molecule has 1 fully saturated rings. The van der Waals surface area contributed by atoms with Crippen LogP contribution in [0.3, 0.4) is 0 Å². The first-order valence-corrected chi connectivity index (χ1v) is 9.74. The fourth-order valence-corrected chi connectivity index (χ4v) is 3.76. The summed E-state index contributed by atoms with van der Waals surface area (Å²) in [5.74, 6) is 0.0843. The second-order valence-electron chi connectivity index (χ2n) is 7.36. The van der Waals surface area contributed by atoms with E-state index in [1.54, 1.807) is 5.01 Å². The molecule has 1 unspecified atom stereocenters. The van der Waals surface area contributed by atoms with E-state index < -0.39 is 0 Å². The zero-order valence-electron chi connectivity index (χ0n) is 15.8. The molecule has 0 bridgehead atoms. The zero-order valence-corrected chi connectivity index (χ0v) is 15.8. The van der Waals surface area contributed by atoms with Gasteiger partial charge in [-0.05, 0) is 30.9 Å². The molecule has 1 N–H and O–H groups in total. The molecule has 0 aromatic heterocycles. The van der Waals surface area contributed by atoms with Crippen molar-refractivity contribution in [3.05, 3.63) is 71.3 Å². The Morgan fingerprint density at radius 2 is 1.70 bits per heavy atom. The van der Waals surface area contributed by atoms with Gasteiger partial charge in [0.1, 0.15) is 0 Å². The largest absolute Gasteiger partial charge is 0.352 e. The zero-order chi connectivity index (χ0) is 18.6. The number of nitrogens with zero attached hydrogens (tertiary/aromatic N) is 3. The minimum atomic E-state index is -0.139. The Kier molecular flexibility index (Phi) is 5.21. The summed E-state index contributed by atoms with van der Waals surface area (Å²) in [5.41, 5.74) is 7.45. The molecule has 140 valence electrons. The highest BCUT2D eigenvalue weighted by molar-refractivity contribution is 6.07. The van der Waals surface area contributed by atoms with Gasteiger partial charge in [-0.15, -0.1) is 0 Å². The molecule has 2 aromatic rings. The Morgan fingerprint density at radius 3 is 2.41 bits per heavy atom. The minimum Gasteiger partial charge on any atom is -0.269 e. The van der Waals surface area contributed by atoms with Gasteiger partial charge in [0.15, 0.2) is 0 Å². The molecular weight excluding hydrogens is 336 g/mol. The molecule has 1 saturated heterocycles. The van der Waals surface area contributed by atoms with Crippen LogP contribution in [-0.2, 0) is 0 Å². The van der Waals surface area contributed by atoms with Gasteiger partial charge in [0.25, 0.3) is 0 Å². The van der Waals surface area contributed by atoms with E-state index in [9.17, 15) is 4.79 Å². The van der Waals surface area contributed by atoms with Crippen LogP contribution in [0.5, 0.6) is 0 Å². The number of hydrazone groups is 1. The lowest BCUT2D eigenvalue weighted by atomic mass is 9.90. The molecule has 4 rings (SSSR count). The summed E-state index contributed by atoms with van der Waals surface area (Å²) in [6.07, 6.45) is 3.50. The van der Waals surface area contributed by atoms with Gasteiger partial charge in [0.05, 0.1) is 12.3 Å². The number of benzene rings is 2. The van der Waals surface area contributed by atoms with E-state index in [2.05, 4.69) is 48.7 Å². The Hall–Kier alpha value is -2.66. The van der Waals surface area contributed by atoms with Crippen molar-refractivity contribution in [2.45, 2.75) is 32.1 Å². The summed E-state index contributed by atoms with van der Waals surface area (Å²) in [4.78, 5) is 12.8. The normalized spacial score (nSPS) is 20.4. The van der Waals surface area contributed by atoms with Gasteiger partial charge in [-0.25, -0.2) is 14.8 Å². The second-order valence-corrected chi connectivity index (χ2v) is 7.36. The van der Waals surface area contributed by atoms with Crippen molar-refractivity contribution in [2.75, 3.05) is 19.6 Å². The van der Waals surface area contributed by atoms with Crippen LogP contribution in [-0.4, -0.2) is 41.4 Å². The molecule has 2 aliphatic rings. The van der Waals surface area contributed by atoms with E-state index in [-0.39, 0.29) is 11.9 Å². The second kappa shape index (κ2) is 7.92. The highest BCUT2D eigenvalue weighted by atomic mass is 16.2.